The fourth-order valence-electron chi connectivity index (χ4n) is 5.22. The molecule has 6 nitrogen and oxygen atoms in total. The topological polar surface area (TPSA) is 73.5 Å². The van der Waals surface area contributed by atoms with Gasteiger partial charge in [0.1, 0.15) is 0 Å². The van der Waals surface area contributed by atoms with Crippen molar-refractivity contribution in [2.45, 2.75) is 39.7 Å². The van der Waals surface area contributed by atoms with Crippen molar-refractivity contribution in [3.63, 3.8) is 0 Å². The van der Waals surface area contributed by atoms with Gasteiger partial charge in [-0.05, 0) is 24.1 Å². The Hall–Kier alpha value is -3.41. The average molecular weight is 430 g/mol. The van der Waals surface area contributed by atoms with Gasteiger partial charge in [0.2, 0.25) is 11.8 Å². The predicted molar refractivity (Wildman–Crippen MR) is 123 cm³/mol. The minimum absolute atomic E-state index is 0.101. The number of amides is 3. The molecule has 3 aromatic rings. The molecule has 5 rings (SSSR count). The molecule has 1 unspecified atom stereocenters. The Morgan fingerprint density at radius 2 is 1.59 bits per heavy atom. The number of imide groups is 1. The summed E-state index contributed by atoms with van der Waals surface area (Å²) < 4.78 is 0. The van der Waals surface area contributed by atoms with Crippen molar-refractivity contribution in [1.29, 1.82) is 0 Å². The Kier molecular flexibility index (Phi) is 4.52. The first kappa shape index (κ1) is 20.5. The number of H-pyrrole nitrogens is 1. The average Bonchev–Trinajstić information content (AvgIpc) is 3.28. The standard InChI is InChI=1S/C26H27N3O3/c1-15(2)23(30)28-14-13-18-17-9-5-7-11-20(17)27-22(18)26(28)19-10-6-8-12-21(19)29(25(26)32)24(31)16(3)4/h5-12,15-16,27H,13-14H2,1-4H3. The van der Waals surface area contributed by atoms with Gasteiger partial charge in [-0.2, -0.15) is 0 Å². The van der Waals surface area contributed by atoms with Crippen LogP contribution in [0.15, 0.2) is 48.5 Å². The molecule has 1 N–H and O–H groups in total. The highest BCUT2D eigenvalue weighted by Crippen LogP contribution is 2.52. The van der Waals surface area contributed by atoms with Gasteiger partial charge in [-0.25, -0.2) is 4.90 Å². The molecule has 0 bridgehead atoms. The van der Waals surface area contributed by atoms with E-state index in [0.717, 1.165) is 16.5 Å². The van der Waals surface area contributed by atoms with Gasteiger partial charge in [-0.1, -0.05) is 64.1 Å². The Morgan fingerprint density at radius 3 is 2.31 bits per heavy atom. The zero-order valence-corrected chi connectivity index (χ0v) is 18.8. The molecule has 0 saturated heterocycles. The Morgan fingerprint density at radius 1 is 0.938 bits per heavy atom. The molecule has 0 radical (unpaired) electrons. The third-order valence-corrected chi connectivity index (χ3v) is 6.69. The summed E-state index contributed by atoms with van der Waals surface area (Å²) >= 11 is 0. The summed E-state index contributed by atoms with van der Waals surface area (Å²) in [5.74, 6) is -1.38. The minimum atomic E-state index is -1.38. The fraction of sp³-hybridized carbons (Fsp3) is 0.346. The van der Waals surface area contributed by atoms with Gasteiger partial charge >= 0.3 is 0 Å². The summed E-state index contributed by atoms with van der Waals surface area (Å²) in [4.78, 5) is 47.6. The SMILES string of the molecule is CC(C)C(=O)N1C(=O)C2(c3ccccc31)c1[nH]c3ccccc3c1CCN2C(=O)C(C)C. The Labute approximate surface area is 187 Å². The molecule has 164 valence electrons. The van der Waals surface area contributed by atoms with Gasteiger partial charge in [-0.3, -0.25) is 14.4 Å². The molecule has 0 saturated carbocycles. The van der Waals surface area contributed by atoms with Crippen molar-refractivity contribution in [2.75, 3.05) is 11.4 Å². The van der Waals surface area contributed by atoms with E-state index in [-0.39, 0.29) is 29.6 Å². The number of carbonyl (C=O) groups is 3. The molecule has 2 aliphatic heterocycles. The van der Waals surface area contributed by atoms with Crippen molar-refractivity contribution < 1.29 is 14.4 Å². The number of fused-ring (bicyclic) bond motifs is 6. The number of aromatic nitrogens is 1. The molecule has 1 spiro atoms. The van der Waals surface area contributed by atoms with E-state index in [4.69, 9.17) is 0 Å². The van der Waals surface area contributed by atoms with Crippen LogP contribution in [-0.4, -0.2) is 34.2 Å². The monoisotopic (exact) mass is 429 g/mol. The zero-order valence-electron chi connectivity index (χ0n) is 18.8. The summed E-state index contributed by atoms with van der Waals surface area (Å²) in [6.45, 7) is 7.68. The quantitative estimate of drug-likeness (QED) is 0.670. The maximum atomic E-state index is 14.4. The third-order valence-electron chi connectivity index (χ3n) is 6.69. The van der Waals surface area contributed by atoms with Gasteiger partial charge in [0.05, 0.1) is 11.4 Å². The van der Waals surface area contributed by atoms with Crippen molar-refractivity contribution in [1.82, 2.24) is 9.88 Å². The first-order chi connectivity index (χ1) is 15.3. The van der Waals surface area contributed by atoms with E-state index in [2.05, 4.69) is 4.98 Å². The van der Waals surface area contributed by atoms with E-state index in [1.807, 2.05) is 56.3 Å². The molecule has 32 heavy (non-hydrogen) atoms. The lowest BCUT2D eigenvalue weighted by molar-refractivity contribution is -0.148. The number of carbonyl (C=O) groups excluding carboxylic acids is 3. The van der Waals surface area contributed by atoms with Crippen LogP contribution in [0.3, 0.4) is 0 Å². The van der Waals surface area contributed by atoms with Crippen molar-refractivity contribution >= 4 is 34.3 Å². The van der Waals surface area contributed by atoms with Gasteiger partial charge in [0, 0.05) is 34.8 Å². The van der Waals surface area contributed by atoms with Crippen LogP contribution in [-0.2, 0) is 26.3 Å². The second-order valence-electron chi connectivity index (χ2n) is 9.28. The van der Waals surface area contributed by atoms with E-state index in [0.29, 0.717) is 29.9 Å². The van der Waals surface area contributed by atoms with Crippen LogP contribution < -0.4 is 4.90 Å². The molecule has 6 heteroatoms. The number of aromatic amines is 1. The first-order valence-electron chi connectivity index (χ1n) is 11.2. The van der Waals surface area contributed by atoms with Crippen LogP contribution in [0.4, 0.5) is 5.69 Å². The highest BCUT2D eigenvalue weighted by Gasteiger charge is 2.62. The highest BCUT2D eigenvalue weighted by molar-refractivity contribution is 6.25. The van der Waals surface area contributed by atoms with Crippen LogP contribution >= 0.6 is 0 Å². The molecular formula is C26H27N3O3. The molecule has 0 aliphatic carbocycles. The van der Waals surface area contributed by atoms with Crippen LogP contribution in [0.2, 0.25) is 0 Å². The van der Waals surface area contributed by atoms with Crippen molar-refractivity contribution in [3.8, 4) is 0 Å². The number of benzene rings is 2. The van der Waals surface area contributed by atoms with E-state index in [1.54, 1.807) is 24.8 Å². The van der Waals surface area contributed by atoms with E-state index >= 15 is 0 Å². The number of para-hydroxylation sites is 2. The smallest absolute Gasteiger partial charge is 0.270 e. The molecule has 0 fully saturated rings. The van der Waals surface area contributed by atoms with Crippen molar-refractivity contribution in [3.05, 3.63) is 65.4 Å². The number of rotatable bonds is 2. The summed E-state index contributed by atoms with van der Waals surface area (Å²) in [6.07, 6.45) is 0.646. The molecule has 3 amide bonds. The Balaban J connectivity index is 1.87. The molecule has 1 atom stereocenters. The highest BCUT2D eigenvalue weighted by atomic mass is 16.2. The molecule has 2 aromatic carbocycles. The number of nitrogens with one attached hydrogen (secondary N) is 1. The lowest BCUT2D eigenvalue weighted by Crippen LogP contribution is -2.60. The van der Waals surface area contributed by atoms with Crippen molar-refractivity contribution in [2.24, 2.45) is 11.8 Å². The maximum absolute atomic E-state index is 14.4. The lowest BCUT2D eigenvalue weighted by Gasteiger charge is -2.44. The number of nitrogens with zero attached hydrogens (tertiary/aromatic N) is 2. The van der Waals surface area contributed by atoms with Gasteiger partial charge in [0.15, 0.2) is 5.54 Å². The minimum Gasteiger partial charge on any atom is -0.355 e. The van der Waals surface area contributed by atoms with Gasteiger partial charge in [0.25, 0.3) is 5.91 Å². The Bertz CT molecular complexity index is 1270. The van der Waals surface area contributed by atoms with E-state index in [9.17, 15) is 14.4 Å². The number of hydrogen-bond donors (Lipinski definition) is 1. The fourth-order valence-corrected chi connectivity index (χ4v) is 5.22. The molecule has 1 aromatic heterocycles. The van der Waals surface area contributed by atoms with E-state index < -0.39 is 5.54 Å². The molecule has 2 aliphatic rings. The van der Waals surface area contributed by atoms with Gasteiger partial charge in [-0.15, -0.1) is 0 Å². The largest absolute Gasteiger partial charge is 0.355 e. The van der Waals surface area contributed by atoms with Crippen LogP contribution in [0, 0.1) is 11.8 Å². The van der Waals surface area contributed by atoms with Crippen LogP contribution in [0.25, 0.3) is 10.9 Å². The normalized spacial score (nSPS) is 19.9. The van der Waals surface area contributed by atoms with Crippen LogP contribution in [0.5, 0.6) is 0 Å². The predicted octanol–water partition coefficient (Wildman–Crippen LogP) is 3.98. The second-order valence-corrected chi connectivity index (χ2v) is 9.28. The summed E-state index contributed by atoms with van der Waals surface area (Å²) in [5.41, 5.74) is 2.53. The second kappa shape index (κ2) is 7.05. The first-order valence-corrected chi connectivity index (χ1v) is 11.2. The van der Waals surface area contributed by atoms with E-state index in [1.165, 1.54) is 4.90 Å². The molecule has 3 heterocycles. The van der Waals surface area contributed by atoms with Gasteiger partial charge < -0.3 is 9.88 Å². The lowest BCUT2D eigenvalue weighted by atomic mass is 9.79. The summed E-state index contributed by atoms with van der Waals surface area (Å²) in [7, 11) is 0. The number of hydrogen-bond acceptors (Lipinski definition) is 3. The summed E-state index contributed by atoms with van der Waals surface area (Å²) in [6, 6.07) is 15.3. The zero-order chi connectivity index (χ0) is 22.8. The summed E-state index contributed by atoms with van der Waals surface area (Å²) in [5, 5.41) is 1.05. The third kappa shape index (κ3) is 2.49. The molecular weight excluding hydrogens is 402 g/mol. The maximum Gasteiger partial charge on any atom is 0.270 e. The number of anilines is 1. The van der Waals surface area contributed by atoms with Crippen LogP contribution in [0.1, 0.15) is 44.5 Å².